The van der Waals surface area contributed by atoms with Crippen LogP contribution in [0.1, 0.15) is 34.9 Å². The van der Waals surface area contributed by atoms with Crippen LogP contribution < -0.4 is 5.32 Å². The lowest BCUT2D eigenvalue weighted by Gasteiger charge is -2.38. The molecule has 0 bridgehead atoms. The molecule has 1 atom stereocenters. The molecule has 1 aromatic heterocycles. The van der Waals surface area contributed by atoms with E-state index in [2.05, 4.69) is 52.0 Å². The second-order valence-corrected chi connectivity index (χ2v) is 7.88. The Hall–Kier alpha value is -1.39. The molecule has 0 amide bonds. The Morgan fingerprint density at radius 2 is 2.04 bits per heavy atom. The topological polar surface area (TPSA) is 15.3 Å². The molecule has 1 saturated carbocycles. The summed E-state index contributed by atoms with van der Waals surface area (Å²) in [5, 5.41) is 6.68. The third-order valence-corrected chi connectivity index (χ3v) is 6.25. The molecule has 1 N–H and O–H groups in total. The molecule has 1 aromatic carbocycles. The molecule has 4 heteroatoms. The van der Waals surface area contributed by atoms with Gasteiger partial charge in [0.25, 0.3) is 0 Å². The summed E-state index contributed by atoms with van der Waals surface area (Å²) in [7, 11) is 0. The van der Waals surface area contributed by atoms with E-state index in [4.69, 9.17) is 12.2 Å². The van der Waals surface area contributed by atoms with Crippen molar-refractivity contribution in [1.82, 2.24) is 10.2 Å². The summed E-state index contributed by atoms with van der Waals surface area (Å²) in [4.78, 5) is 4.03. The number of thiocarbonyl (C=S) groups is 1. The van der Waals surface area contributed by atoms with Crippen LogP contribution in [0.5, 0.6) is 0 Å². The van der Waals surface area contributed by atoms with Gasteiger partial charge in [0, 0.05) is 18.0 Å². The van der Waals surface area contributed by atoms with Gasteiger partial charge in [-0.3, -0.25) is 0 Å². The molecule has 1 fully saturated rings. The number of hydrogen-bond acceptors (Lipinski definition) is 2. The smallest absolute Gasteiger partial charge is 0.169 e. The first kappa shape index (κ1) is 15.2. The van der Waals surface area contributed by atoms with Crippen molar-refractivity contribution in [2.45, 2.75) is 31.7 Å². The highest BCUT2D eigenvalue weighted by Crippen LogP contribution is 2.48. The molecule has 1 aliphatic heterocycles. The zero-order valence-electron chi connectivity index (χ0n) is 13.2. The Morgan fingerprint density at radius 1 is 1.22 bits per heavy atom. The molecule has 2 aromatic rings. The molecule has 2 nitrogen and oxygen atoms in total. The Balaban J connectivity index is 1.40. The van der Waals surface area contributed by atoms with Gasteiger partial charge in [0.2, 0.25) is 0 Å². The van der Waals surface area contributed by atoms with Gasteiger partial charge in [0.1, 0.15) is 0 Å². The monoisotopic (exact) mass is 342 g/mol. The second kappa shape index (κ2) is 6.62. The van der Waals surface area contributed by atoms with Gasteiger partial charge in [-0.25, -0.2) is 0 Å². The Morgan fingerprint density at radius 3 is 2.83 bits per heavy atom. The van der Waals surface area contributed by atoms with Crippen LogP contribution in [0.3, 0.4) is 0 Å². The lowest BCUT2D eigenvalue weighted by molar-refractivity contribution is 0.269. The molecule has 2 aliphatic rings. The largest absolute Gasteiger partial charge is 0.362 e. The van der Waals surface area contributed by atoms with Crippen molar-refractivity contribution in [2.75, 3.05) is 13.1 Å². The Labute approximate surface area is 147 Å². The highest BCUT2D eigenvalue weighted by Gasteiger charge is 2.40. The van der Waals surface area contributed by atoms with Gasteiger partial charge in [-0.2, -0.15) is 0 Å². The summed E-state index contributed by atoms with van der Waals surface area (Å²) in [6, 6.07) is 13.4. The van der Waals surface area contributed by atoms with Gasteiger partial charge in [0.15, 0.2) is 5.11 Å². The van der Waals surface area contributed by atoms with Crippen molar-refractivity contribution in [3.8, 4) is 0 Å². The van der Waals surface area contributed by atoms with E-state index >= 15 is 0 Å². The van der Waals surface area contributed by atoms with Gasteiger partial charge < -0.3 is 10.2 Å². The molecule has 4 rings (SSSR count). The van der Waals surface area contributed by atoms with E-state index < -0.39 is 0 Å². The predicted octanol–water partition coefficient (Wildman–Crippen LogP) is 4.17. The number of rotatable bonds is 4. The second-order valence-electron chi connectivity index (χ2n) is 6.49. The normalized spacial score (nSPS) is 20.2. The van der Waals surface area contributed by atoms with Crippen molar-refractivity contribution in [3.63, 3.8) is 0 Å². The van der Waals surface area contributed by atoms with Crippen LogP contribution in [0.4, 0.5) is 0 Å². The minimum atomic E-state index is 0.515. The number of thiophene rings is 1. The molecule has 1 aliphatic carbocycles. The van der Waals surface area contributed by atoms with E-state index in [0.717, 1.165) is 37.0 Å². The zero-order valence-corrected chi connectivity index (χ0v) is 14.8. The lowest BCUT2D eigenvalue weighted by Crippen LogP contribution is -2.46. The Kier molecular flexibility index (Phi) is 4.36. The minimum absolute atomic E-state index is 0.515. The van der Waals surface area contributed by atoms with Crippen LogP contribution in [0, 0.1) is 5.92 Å². The summed E-state index contributed by atoms with van der Waals surface area (Å²) in [5.74, 6) is 0.803. The Bertz CT molecular complexity index is 676. The number of nitrogens with zero attached hydrogens (tertiary/aromatic N) is 1. The van der Waals surface area contributed by atoms with Crippen LogP contribution in [0.25, 0.3) is 0 Å². The van der Waals surface area contributed by atoms with Crippen LogP contribution in [0.2, 0.25) is 0 Å². The van der Waals surface area contributed by atoms with Gasteiger partial charge in [-0.05, 0) is 66.4 Å². The first-order valence-electron chi connectivity index (χ1n) is 8.47. The third kappa shape index (κ3) is 3.29. The maximum atomic E-state index is 5.73. The number of hydrogen-bond donors (Lipinski definition) is 1. The summed E-state index contributed by atoms with van der Waals surface area (Å²) < 4.78 is 0. The molecule has 0 saturated heterocycles. The third-order valence-electron chi connectivity index (χ3n) is 4.88. The van der Waals surface area contributed by atoms with Crippen molar-refractivity contribution in [1.29, 1.82) is 0 Å². The summed E-state index contributed by atoms with van der Waals surface area (Å²) in [6.45, 7) is 1.97. The van der Waals surface area contributed by atoms with Crippen LogP contribution in [-0.2, 0) is 12.8 Å². The van der Waals surface area contributed by atoms with Gasteiger partial charge in [-0.1, -0.05) is 30.3 Å². The van der Waals surface area contributed by atoms with Crippen molar-refractivity contribution >= 4 is 28.7 Å². The van der Waals surface area contributed by atoms with Crippen LogP contribution in [-0.4, -0.2) is 23.1 Å². The lowest BCUT2D eigenvalue weighted by atomic mass is 9.96. The predicted molar refractivity (Wildman–Crippen MR) is 101 cm³/mol. The maximum absolute atomic E-state index is 5.73. The average molecular weight is 343 g/mol. The van der Waals surface area contributed by atoms with E-state index in [1.165, 1.54) is 24.0 Å². The maximum Gasteiger partial charge on any atom is 0.169 e. The molecule has 0 unspecified atom stereocenters. The van der Waals surface area contributed by atoms with Crippen molar-refractivity contribution < 1.29 is 0 Å². The molecular weight excluding hydrogens is 320 g/mol. The zero-order chi connectivity index (χ0) is 15.6. The van der Waals surface area contributed by atoms with Crippen molar-refractivity contribution in [2.24, 2.45) is 5.92 Å². The van der Waals surface area contributed by atoms with Gasteiger partial charge in [0.05, 0.1) is 6.04 Å². The summed E-state index contributed by atoms with van der Waals surface area (Å²) in [6.07, 6.45) is 4.86. The van der Waals surface area contributed by atoms with E-state index in [9.17, 15) is 0 Å². The van der Waals surface area contributed by atoms with E-state index in [-0.39, 0.29) is 0 Å². The van der Waals surface area contributed by atoms with Crippen LogP contribution >= 0.6 is 23.6 Å². The fraction of sp³-hybridized carbons (Fsp3) is 0.421. The van der Waals surface area contributed by atoms with Crippen LogP contribution in [0.15, 0.2) is 41.8 Å². The number of benzene rings is 1. The molecule has 120 valence electrons. The van der Waals surface area contributed by atoms with Crippen molar-refractivity contribution in [3.05, 3.63) is 57.8 Å². The van der Waals surface area contributed by atoms with E-state index in [1.807, 2.05) is 11.3 Å². The minimum Gasteiger partial charge on any atom is -0.362 e. The quantitative estimate of drug-likeness (QED) is 0.840. The molecule has 23 heavy (non-hydrogen) atoms. The molecule has 0 spiro atoms. The fourth-order valence-electron chi connectivity index (χ4n) is 3.55. The fourth-order valence-corrected chi connectivity index (χ4v) is 4.77. The highest BCUT2D eigenvalue weighted by atomic mass is 32.1. The first-order chi connectivity index (χ1) is 11.3. The standard InChI is InChI=1S/C19H22N2S2/c22-19(20-11-8-14-4-2-1-3-5-14)21-12-9-17-16(10-13-23-17)18(21)15-6-7-15/h1-5,10,13,15,18H,6-9,11-12H2,(H,20,22)/t18-/m0/s1. The van der Waals surface area contributed by atoms with Gasteiger partial charge in [-0.15, -0.1) is 11.3 Å². The molecule has 2 heterocycles. The number of nitrogens with one attached hydrogen (secondary N) is 1. The van der Waals surface area contributed by atoms with E-state index in [1.54, 1.807) is 4.88 Å². The van der Waals surface area contributed by atoms with E-state index in [0.29, 0.717) is 6.04 Å². The number of fused-ring (bicyclic) bond motifs is 1. The van der Waals surface area contributed by atoms with Gasteiger partial charge >= 0.3 is 0 Å². The summed E-state index contributed by atoms with van der Waals surface area (Å²) in [5.41, 5.74) is 2.90. The summed E-state index contributed by atoms with van der Waals surface area (Å²) >= 11 is 7.65. The highest BCUT2D eigenvalue weighted by molar-refractivity contribution is 7.80. The molecular formula is C19H22N2S2. The molecule has 0 radical (unpaired) electrons. The average Bonchev–Trinajstić information content (AvgIpc) is 3.31. The SMILES string of the molecule is S=C(NCCc1ccccc1)N1CCc2sccc2[C@@H]1C1CC1. The first-order valence-corrected chi connectivity index (χ1v) is 9.76.